The summed E-state index contributed by atoms with van der Waals surface area (Å²) < 4.78 is 22.9. The molecule has 84 valence electrons. The third-order valence-corrected chi connectivity index (χ3v) is 3.69. The molecule has 0 aliphatic rings. The van der Waals surface area contributed by atoms with Gasteiger partial charge < -0.3 is 5.11 Å². The number of hydrogen-bond acceptors (Lipinski definition) is 3. The molecule has 0 aliphatic heterocycles. The van der Waals surface area contributed by atoms with Crippen LogP contribution in [0.1, 0.15) is 18.9 Å². The number of aryl methyl sites for hydroxylation is 1. The summed E-state index contributed by atoms with van der Waals surface area (Å²) in [5.74, 6) is -0.255. The molecule has 15 heavy (non-hydrogen) atoms. The van der Waals surface area contributed by atoms with Gasteiger partial charge in [0.1, 0.15) is 10.6 Å². The van der Waals surface area contributed by atoms with Crippen molar-refractivity contribution in [2.75, 3.05) is 0 Å². The van der Waals surface area contributed by atoms with Gasteiger partial charge in [0, 0.05) is 15.2 Å². The van der Waals surface area contributed by atoms with Crippen molar-refractivity contribution in [3.05, 3.63) is 22.2 Å². The van der Waals surface area contributed by atoms with Gasteiger partial charge in [0.15, 0.2) is 0 Å². The smallest absolute Gasteiger partial charge is 0.265 e. The number of benzene rings is 1. The van der Waals surface area contributed by atoms with Crippen LogP contribution >= 0.6 is 26.6 Å². The average molecular weight is 314 g/mol. The van der Waals surface area contributed by atoms with E-state index in [0.717, 1.165) is 6.42 Å². The summed E-state index contributed by atoms with van der Waals surface area (Å²) in [6.07, 6.45) is 1.41. The van der Waals surface area contributed by atoms with Gasteiger partial charge >= 0.3 is 0 Å². The van der Waals surface area contributed by atoms with Gasteiger partial charge in [-0.1, -0.05) is 29.3 Å². The standard InChI is InChI=1S/C9H10BrClO3S/c1-2-3-6-4-7(10)5-8(9(6)12)15(11,13)14/h4-5,12H,2-3H2,1H3. The Labute approximate surface area is 102 Å². The fourth-order valence-corrected chi connectivity index (χ4v) is 2.91. The molecule has 0 saturated carbocycles. The third kappa shape index (κ3) is 3.09. The lowest BCUT2D eigenvalue weighted by Crippen LogP contribution is -1.95. The minimum absolute atomic E-state index is 0.248. The first-order valence-corrected chi connectivity index (χ1v) is 7.42. The van der Waals surface area contributed by atoms with Crippen molar-refractivity contribution in [3.63, 3.8) is 0 Å². The van der Waals surface area contributed by atoms with Gasteiger partial charge in [-0.05, 0) is 24.1 Å². The highest BCUT2D eigenvalue weighted by molar-refractivity contribution is 9.10. The van der Waals surface area contributed by atoms with Crippen LogP contribution in [0.5, 0.6) is 5.75 Å². The van der Waals surface area contributed by atoms with E-state index in [1.165, 1.54) is 6.07 Å². The first-order chi connectivity index (χ1) is 6.86. The van der Waals surface area contributed by atoms with Crippen LogP contribution in [0.4, 0.5) is 0 Å². The lowest BCUT2D eigenvalue weighted by molar-refractivity contribution is 0.451. The Morgan fingerprint density at radius 1 is 1.47 bits per heavy atom. The molecular formula is C9H10BrClO3S. The molecule has 1 aromatic rings. The number of phenols is 1. The molecule has 0 bridgehead atoms. The van der Waals surface area contributed by atoms with Gasteiger partial charge in [-0.2, -0.15) is 0 Å². The topological polar surface area (TPSA) is 54.4 Å². The fraction of sp³-hybridized carbons (Fsp3) is 0.333. The first-order valence-electron chi connectivity index (χ1n) is 4.32. The molecule has 0 aliphatic carbocycles. The molecule has 0 aromatic heterocycles. The highest BCUT2D eigenvalue weighted by Gasteiger charge is 2.19. The molecule has 0 spiro atoms. The van der Waals surface area contributed by atoms with Crippen molar-refractivity contribution in [1.29, 1.82) is 0 Å². The maximum absolute atomic E-state index is 11.1. The minimum Gasteiger partial charge on any atom is -0.506 e. The highest BCUT2D eigenvalue weighted by atomic mass is 79.9. The molecule has 0 amide bonds. The largest absolute Gasteiger partial charge is 0.506 e. The van der Waals surface area contributed by atoms with E-state index in [2.05, 4.69) is 15.9 Å². The fourth-order valence-electron chi connectivity index (χ4n) is 1.27. The van der Waals surface area contributed by atoms with E-state index < -0.39 is 9.05 Å². The van der Waals surface area contributed by atoms with Crippen molar-refractivity contribution in [3.8, 4) is 5.75 Å². The number of aromatic hydroxyl groups is 1. The Morgan fingerprint density at radius 3 is 2.53 bits per heavy atom. The second-order valence-electron chi connectivity index (χ2n) is 3.10. The van der Waals surface area contributed by atoms with E-state index in [9.17, 15) is 13.5 Å². The molecule has 6 heteroatoms. The van der Waals surface area contributed by atoms with Gasteiger partial charge in [0.25, 0.3) is 9.05 Å². The zero-order valence-corrected chi connectivity index (χ0v) is 11.2. The Kier molecular flexibility index (Phi) is 4.03. The summed E-state index contributed by atoms with van der Waals surface area (Å²) in [5.41, 5.74) is 0.575. The number of hydrogen-bond donors (Lipinski definition) is 1. The summed E-state index contributed by atoms with van der Waals surface area (Å²) in [4.78, 5) is -0.248. The predicted octanol–water partition coefficient (Wildman–Crippen LogP) is 3.03. The monoisotopic (exact) mass is 312 g/mol. The third-order valence-electron chi connectivity index (χ3n) is 1.90. The Balaban J connectivity index is 3.42. The molecule has 0 unspecified atom stereocenters. The van der Waals surface area contributed by atoms with Crippen LogP contribution in [0.2, 0.25) is 0 Å². The summed E-state index contributed by atoms with van der Waals surface area (Å²) >= 11 is 3.18. The van der Waals surface area contributed by atoms with Gasteiger partial charge in [0.05, 0.1) is 0 Å². The molecule has 0 heterocycles. The number of halogens is 2. The SMILES string of the molecule is CCCc1cc(Br)cc(S(=O)(=O)Cl)c1O. The van der Waals surface area contributed by atoms with E-state index >= 15 is 0 Å². The number of rotatable bonds is 3. The maximum Gasteiger partial charge on any atom is 0.265 e. The molecule has 0 fully saturated rings. The first kappa shape index (κ1) is 12.8. The van der Waals surface area contributed by atoms with Crippen LogP contribution in [-0.2, 0) is 15.5 Å². The quantitative estimate of drug-likeness (QED) is 0.873. The zero-order chi connectivity index (χ0) is 11.6. The zero-order valence-electron chi connectivity index (χ0n) is 8.00. The highest BCUT2D eigenvalue weighted by Crippen LogP contribution is 2.33. The second kappa shape index (κ2) is 4.72. The summed E-state index contributed by atoms with van der Waals surface area (Å²) in [6.45, 7) is 1.94. The van der Waals surface area contributed by atoms with Crippen molar-refractivity contribution in [2.24, 2.45) is 0 Å². The average Bonchev–Trinajstić information content (AvgIpc) is 2.09. The van der Waals surface area contributed by atoms with Crippen LogP contribution in [0.25, 0.3) is 0 Å². The van der Waals surface area contributed by atoms with Crippen LogP contribution in [0.3, 0.4) is 0 Å². The molecule has 0 radical (unpaired) electrons. The summed E-state index contributed by atoms with van der Waals surface area (Å²) in [5, 5.41) is 9.70. The second-order valence-corrected chi connectivity index (χ2v) is 6.55. The van der Waals surface area contributed by atoms with Gasteiger partial charge in [-0.3, -0.25) is 0 Å². The molecule has 0 saturated heterocycles. The predicted molar refractivity (Wildman–Crippen MR) is 62.8 cm³/mol. The van der Waals surface area contributed by atoms with Crippen LogP contribution in [0.15, 0.2) is 21.5 Å². The van der Waals surface area contributed by atoms with Gasteiger partial charge in [-0.25, -0.2) is 8.42 Å². The Morgan fingerprint density at radius 2 is 2.07 bits per heavy atom. The van der Waals surface area contributed by atoms with E-state index in [1.807, 2.05) is 6.92 Å². The van der Waals surface area contributed by atoms with E-state index in [4.69, 9.17) is 10.7 Å². The van der Waals surface area contributed by atoms with E-state index in [-0.39, 0.29) is 10.6 Å². The van der Waals surface area contributed by atoms with Crippen molar-refractivity contribution >= 4 is 35.7 Å². The van der Waals surface area contributed by atoms with E-state index in [1.54, 1.807) is 6.07 Å². The van der Waals surface area contributed by atoms with Crippen LogP contribution in [-0.4, -0.2) is 13.5 Å². The molecule has 1 N–H and O–H groups in total. The van der Waals surface area contributed by atoms with Crippen molar-refractivity contribution in [1.82, 2.24) is 0 Å². The van der Waals surface area contributed by atoms with Gasteiger partial charge in [0.2, 0.25) is 0 Å². The van der Waals surface area contributed by atoms with Crippen LogP contribution < -0.4 is 0 Å². The molecule has 0 atom stereocenters. The van der Waals surface area contributed by atoms with Crippen molar-refractivity contribution < 1.29 is 13.5 Å². The molecule has 3 nitrogen and oxygen atoms in total. The van der Waals surface area contributed by atoms with Crippen LogP contribution in [0, 0.1) is 0 Å². The van der Waals surface area contributed by atoms with Crippen molar-refractivity contribution in [2.45, 2.75) is 24.7 Å². The number of phenolic OH excluding ortho intramolecular Hbond substituents is 1. The normalized spacial score (nSPS) is 11.7. The Bertz CT molecular complexity index is 470. The minimum atomic E-state index is -3.90. The lowest BCUT2D eigenvalue weighted by Gasteiger charge is -2.07. The summed E-state index contributed by atoms with van der Waals surface area (Å²) in [6, 6.07) is 2.97. The molecule has 1 rings (SSSR count). The summed E-state index contributed by atoms with van der Waals surface area (Å²) in [7, 11) is 1.29. The van der Waals surface area contributed by atoms with E-state index in [0.29, 0.717) is 16.5 Å². The Hall–Kier alpha value is -0.260. The molecule has 1 aromatic carbocycles. The maximum atomic E-state index is 11.1. The van der Waals surface area contributed by atoms with Gasteiger partial charge in [-0.15, -0.1) is 0 Å². The molecular weight excluding hydrogens is 304 g/mol. The lowest BCUT2D eigenvalue weighted by atomic mass is 10.1.